The fraction of sp³-hybridized carbons (Fsp3) is 0.773. The summed E-state index contributed by atoms with van der Waals surface area (Å²) in [5.41, 5.74) is 11.0. The Labute approximate surface area is 195 Å². The summed E-state index contributed by atoms with van der Waals surface area (Å²) < 4.78 is 0. The first kappa shape index (κ1) is 30.3. The molecule has 0 aliphatic heterocycles. The van der Waals surface area contributed by atoms with E-state index < -0.39 is 53.8 Å². The van der Waals surface area contributed by atoms with E-state index in [0.717, 1.165) is 0 Å². The van der Waals surface area contributed by atoms with Crippen molar-refractivity contribution in [2.45, 2.75) is 91.4 Å². The molecular formula is C22H41N5O6. The first-order valence-electron chi connectivity index (χ1n) is 11.4. The van der Waals surface area contributed by atoms with E-state index in [-0.39, 0.29) is 37.0 Å². The minimum absolute atomic E-state index is 0.000880. The number of hydrogen-bond donors (Lipinski definition) is 6. The van der Waals surface area contributed by atoms with Crippen LogP contribution < -0.4 is 27.4 Å². The van der Waals surface area contributed by atoms with Gasteiger partial charge in [0.15, 0.2) is 0 Å². The molecule has 0 fully saturated rings. The van der Waals surface area contributed by atoms with Crippen molar-refractivity contribution in [3.8, 4) is 0 Å². The van der Waals surface area contributed by atoms with E-state index in [4.69, 9.17) is 11.5 Å². The highest BCUT2D eigenvalue weighted by molar-refractivity contribution is 5.94. The maximum absolute atomic E-state index is 13.1. The molecule has 0 radical (unpaired) electrons. The summed E-state index contributed by atoms with van der Waals surface area (Å²) in [5.74, 6) is -4.08. The van der Waals surface area contributed by atoms with Crippen molar-refractivity contribution >= 4 is 29.6 Å². The van der Waals surface area contributed by atoms with Gasteiger partial charge in [0, 0.05) is 6.42 Å². The Hall–Kier alpha value is -2.69. The number of aliphatic carboxylic acids is 1. The number of carbonyl (C=O) groups is 5. The Morgan fingerprint density at radius 2 is 1.39 bits per heavy atom. The molecule has 0 spiro atoms. The summed E-state index contributed by atoms with van der Waals surface area (Å²) >= 11 is 0. The highest BCUT2D eigenvalue weighted by atomic mass is 16.4. The molecule has 0 aromatic rings. The first-order valence-corrected chi connectivity index (χ1v) is 11.4. The number of hydrogen-bond acceptors (Lipinski definition) is 6. The topological polar surface area (TPSA) is 194 Å². The molecule has 11 nitrogen and oxygen atoms in total. The van der Waals surface area contributed by atoms with Crippen molar-refractivity contribution in [1.82, 2.24) is 16.0 Å². The van der Waals surface area contributed by atoms with E-state index in [9.17, 15) is 29.1 Å². The zero-order valence-electron chi connectivity index (χ0n) is 20.5. The molecule has 0 aliphatic rings. The third-order valence-electron chi connectivity index (χ3n) is 5.45. The zero-order chi connectivity index (χ0) is 25.9. The molecule has 5 unspecified atom stereocenters. The molecule has 0 bridgehead atoms. The summed E-state index contributed by atoms with van der Waals surface area (Å²) in [6.45, 7) is 11.0. The van der Waals surface area contributed by atoms with Gasteiger partial charge < -0.3 is 32.5 Å². The fourth-order valence-corrected chi connectivity index (χ4v) is 3.03. The second-order valence-electron chi connectivity index (χ2n) is 9.24. The van der Waals surface area contributed by atoms with Crippen LogP contribution in [-0.4, -0.2) is 58.9 Å². The fourth-order valence-electron chi connectivity index (χ4n) is 3.03. The van der Waals surface area contributed by atoms with E-state index in [2.05, 4.69) is 16.0 Å². The van der Waals surface area contributed by atoms with E-state index in [1.54, 1.807) is 20.8 Å². The standard InChI is InChI=1S/C22H41N5O6/c1-7-13(6)18(27-20(30)17(24)12(4)5)21(31)26-15(10-11(2)3)19(29)25-14(22(32)33)8-9-16(23)28/h11-15,17-18H,7-10,24H2,1-6H3,(H2,23,28)(H,25,29)(H,26,31)(H,27,30)(H,32,33). The Morgan fingerprint density at radius 1 is 0.848 bits per heavy atom. The number of carboxylic acids is 1. The summed E-state index contributed by atoms with van der Waals surface area (Å²) in [6, 6.07) is -4.07. The Morgan fingerprint density at radius 3 is 1.82 bits per heavy atom. The molecule has 0 saturated carbocycles. The van der Waals surface area contributed by atoms with E-state index in [1.165, 1.54) is 0 Å². The van der Waals surface area contributed by atoms with Crippen LogP contribution in [0.15, 0.2) is 0 Å². The summed E-state index contributed by atoms with van der Waals surface area (Å²) in [4.78, 5) is 60.9. The van der Waals surface area contributed by atoms with Crippen LogP contribution in [0.5, 0.6) is 0 Å². The monoisotopic (exact) mass is 471 g/mol. The highest BCUT2D eigenvalue weighted by Gasteiger charge is 2.33. The number of rotatable bonds is 15. The zero-order valence-corrected chi connectivity index (χ0v) is 20.5. The molecule has 0 aliphatic carbocycles. The van der Waals surface area contributed by atoms with Crippen molar-refractivity contribution in [2.24, 2.45) is 29.2 Å². The van der Waals surface area contributed by atoms with Crippen molar-refractivity contribution in [1.29, 1.82) is 0 Å². The number of nitrogens with two attached hydrogens (primary N) is 2. The Bertz CT molecular complexity index is 697. The summed E-state index contributed by atoms with van der Waals surface area (Å²) in [7, 11) is 0. The largest absolute Gasteiger partial charge is 0.480 e. The summed E-state index contributed by atoms with van der Waals surface area (Å²) in [6.07, 6.45) is 0.449. The smallest absolute Gasteiger partial charge is 0.326 e. The Kier molecular flexibility index (Phi) is 13.3. The maximum atomic E-state index is 13.1. The molecule has 33 heavy (non-hydrogen) atoms. The van der Waals surface area contributed by atoms with Crippen molar-refractivity contribution in [3.63, 3.8) is 0 Å². The highest BCUT2D eigenvalue weighted by Crippen LogP contribution is 2.12. The average Bonchev–Trinajstić information content (AvgIpc) is 2.71. The van der Waals surface area contributed by atoms with Gasteiger partial charge in [0.05, 0.1) is 6.04 Å². The third kappa shape index (κ3) is 11.1. The van der Waals surface area contributed by atoms with Gasteiger partial charge in [0.1, 0.15) is 18.1 Å². The minimum Gasteiger partial charge on any atom is -0.480 e. The molecule has 11 heteroatoms. The van der Waals surface area contributed by atoms with E-state index in [0.29, 0.717) is 6.42 Å². The lowest BCUT2D eigenvalue weighted by Gasteiger charge is -2.29. The molecule has 0 saturated heterocycles. The lowest BCUT2D eigenvalue weighted by Crippen LogP contribution is -2.59. The average molecular weight is 472 g/mol. The van der Waals surface area contributed by atoms with Crippen LogP contribution >= 0.6 is 0 Å². The molecule has 5 atom stereocenters. The van der Waals surface area contributed by atoms with Crippen LogP contribution in [0.1, 0.15) is 67.2 Å². The van der Waals surface area contributed by atoms with Gasteiger partial charge in [-0.05, 0) is 30.6 Å². The molecule has 0 heterocycles. The molecular weight excluding hydrogens is 430 g/mol. The molecule has 0 aromatic carbocycles. The number of nitrogens with one attached hydrogen (secondary N) is 3. The molecule has 0 aromatic heterocycles. The van der Waals surface area contributed by atoms with Gasteiger partial charge in [-0.15, -0.1) is 0 Å². The van der Waals surface area contributed by atoms with Crippen LogP contribution in [0.25, 0.3) is 0 Å². The van der Waals surface area contributed by atoms with Crippen molar-refractivity contribution in [2.75, 3.05) is 0 Å². The number of primary amides is 1. The Balaban J connectivity index is 5.57. The number of amides is 4. The maximum Gasteiger partial charge on any atom is 0.326 e. The van der Waals surface area contributed by atoms with Crippen LogP contribution in [0.3, 0.4) is 0 Å². The summed E-state index contributed by atoms with van der Waals surface area (Å²) in [5, 5.41) is 17.1. The van der Waals surface area contributed by atoms with Gasteiger partial charge in [0.25, 0.3) is 0 Å². The lowest BCUT2D eigenvalue weighted by atomic mass is 9.95. The van der Waals surface area contributed by atoms with Crippen molar-refractivity contribution < 1.29 is 29.1 Å². The first-order chi connectivity index (χ1) is 15.2. The quantitative estimate of drug-likeness (QED) is 0.191. The van der Waals surface area contributed by atoms with Crippen LogP contribution in [0.4, 0.5) is 0 Å². The SMILES string of the molecule is CCC(C)C(NC(=O)C(N)C(C)C)C(=O)NC(CC(C)C)C(=O)NC(CCC(N)=O)C(=O)O. The minimum atomic E-state index is -1.33. The van der Waals surface area contributed by atoms with Gasteiger partial charge in [-0.25, -0.2) is 4.79 Å². The molecule has 0 rings (SSSR count). The van der Waals surface area contributed by atoms with Gasteiger partial charge in [0.2, 0.25) is 23.6 Å². The van der Waals surface area contributed by atoms with E-state index >= 15 is 0 Å². The van der Waals surface area contributed by atoms with Gasteiger partial charge >= 0.3 is 5.97 Å². The third-order valence-corrected chi connectivity index (χ3v) is 5.45. The van der Waals surface area contributed by atoms with Crippen molar-refractivity contribution in [3.05, 3.63) is 0 Å². The predicted octanol–water partition coefficient (Wildman–Crippen LogP) is -0.134. The van der Waals surface area contributed by atoms with Crippen LogP contribution in [0.2, 0.25) is 0 Å². The second-order valence-corrected chi connectivity index (χ2v) is 9.24. The molecule has 8 N–H and O–H groups in total. The van der Waals surface area contributed by atoms with Gasteiger partial charge in [-0.3, -0.25) is 19.2 Å². The lowest BCUT2D eigenvalue weighted by molar-refractivity contribution is -0.142. The van der Waals surface area contributed by atoms with Gasteiger partial charge in [-0.1, -0.05) is 48.0 Å². The molecule has 190 valence electrons. The second kappa shape index (κ2) is 14.5. The molecule has 4 amide bonds. The van der Waals surface area contributed by atoms with Gasteiger partial charge in [-0.2, -0.15) is 0 Å². The van der Waals surface area contributed by atoms with Crippen LogP contribution in [0, 0.1) is 17.8 Å². The predicted molar refractivity (Wildman–Crippen MR) is 124 cm³/mol. The van der Waals surface area contributed by atoms with Crippen LogP contribution in [-0.2, 0) is 24.0 Å². The van der Waals surface area contributed by atoms with E-state index in [1.807, 2.05) is 20.8 Å². The normalized spacial score (nSPS) is 15.8. The number of carbonyl (C=O) groups excluding carboxylic acids is 4. The number of carboxylic acid groups (broad SMARTS) is 1.